The van der Waals surface area contributed by atoms with E-state index in [1.165, 1.54) is 24.8 Å². The minimum Gasteiger partial charge on any atom is -0.493 e. The third kappa shape index (κ3) is 5.93. The zero-order valence-electron chi connectivity index (χ0n) is 18.2. The average Bonchev–Trinajstić information content (AvgIpc) is 3.26. The van der Waals surface area contributed by atoms with Crippen LogP contribution in [0.3, 0.4) is 0 Å². The van der Waals surface area contributed by atoms with E-state index in [0.29, 0.717) is 34.5 Å². The molecular weight excluding hydrogens is 441 g/mol. The van der Waals surface area contributed by atoms with Crippen molar-refractivity contribution >= 4 is 17.4 Å². The Labute approximate surface area is 195 Å². The fraction of sp³-hybridized carbons (Fsp3) is 0.160. The van der Waals surface area contributed by atoms with Crippen LogP contribution in [-0.2, 0) is 13.0 Å². The number of nitrogens with one attached hydrogen (secondary N) is 1. The van der Waals surface area contributed by atoms with Crippen molar-refractivity contribution < 1.29 is 18.7 Å². The molecule has 6 nitrogen and oxygen atoms in total. The van der Waals surface area contributed by atoms with Crippen LogP contribution in [0, 0.1) is 12.7 Å². The molecule has 0 saturated heterocycles. The van der Waals surface area contributed by atoms with Gasteiger partial charge in [-0.15, -0.1) is 0 Å². The van der Waals surface area contributed by atoms with Gasteiger partial charge < -0.3 is 14.8 Å². The summed E-state index contributed by atoms with van der Waals surface area (Å²) in [7, 11) is 1.53. The summed E-state index contributed by atoms with van der Waals surface area (Å²) in [5.74, 6) is 0.890. The van der Waals surface area contributed by atoms with Crippen LogP contribution in [0.2, 0.25) is 0 Å². The van der Waals surface area contributed by atoms with Crippen LogP contribution in [0.4, 0.5) is 4.39 Å². The van der Waals surface area contributed by atoms with Gasteiger partial charge in [0.2, 0.25) is 0 Å². The number of aryl methyl sites for hydroxylation is 1. The summed E-state index contributed by atoms with van der Waals surface area (Å²) in [6.45, 7) is 2.32. The summed E-state index contributed by atoms with van der Waals surface area (Å²) in [6.07, 6.45) is 0.600. The first kappa shape index (κ1) is 22.4. The maximum atomic E-state index is 13.0. The SMILES string of the molecule is COc1ccc(C(=O)NCc2ccc(F)cc2)cc1Oc1nc(Cc2ccc(C)cc2)ns1. The number of rotatable bonds is 8. The third-order valence-electron chi connectivity index (χ3n) is 4.92. The first-order valence-electron chi connectivity index (χ1n) is 10.3. The molecule has 3 aromatic carbocycles. The second kappa shape index (κ2) is 10.2. The van der Waals surface area contributed by atoms with Crippen molar-refractivity contribution in [2.24, 2.45) is 0 Å². The van der Waals surface area contributed by atoms with Gasteiger partial charge in [-0.3, -0.25) is 4.79 Å². The van der Waals surface area contributed by atoms with Gasteiger partial charge in [-0.2, -0.15) is 9.36 Å². The van der Waals surface area contributed by atoms with Crippen LogP contribution in [0.15, 0.2) is 66.7 Å². The molecule has 168 valence electrons. The summed E-state index contributed by atoms with van der Waals surface area (Å²) in [5, 5.41) is 3.18. The number of halogens is 1. The molecule has 1 N–H and O–H groups in total. The fourth-order valence-electron chi connectivity index (χ4n) is 3.12. The molecule has 0 fully saturated rings. The Morgan fingerprint density at radius 3 is 2.45 bits per heavy atom. The third-order valence-corrected chi connectivity index (χ3v) is 5.55. The van der Waals surface area contributed by atoms with E-state index in [9.17, 15) is 9.18 Å². The minimum absolute atomic E-state index is 0.278. The number of benzene rings is 3. The number of aromatic nitrogens is 2. The second-order valence-electron chi connectivity index (χ2n) is 7.42. The number of hydrogen-bond acceptors (Lipinski definition) is 6. The molecule has 1 aromatic heterocycles. The molecule has 0 aliphatic rings. The summed E-state index contributed by atoms with van der Waals surface area (Å²) < 4.78 is 28.7. The number of ether oxygens (including phenoxy) is 2. The van der Waals surface area contributed by atoms with E-state index in [2.05, 4.69) is 26.8 Å². The molecule has 0 bridgehead atoms. The summed E-state index contributed by atoms with van der Waals surface area (Å²) in [5.41, 5.74) is 3.51. The molecule has 1 heterocycles. The van der Waals surface area contributed by atoms with E-state index in [1.54, 1.807) is 30.3 Å². The average molecular weight is 464 g/mol. The number of carbonyl (C=O) groups is 1. The molecule has 8 heteroatoms. The van der Waals surface area contributed by atoms with Crippen LogP contribution < -0.4 is 14.8 Å². The molecule has 0 aliphatic carbocycles. The van der Waals surface area contributed by atoms with E-state index in [1.807, 2.05) is 19.1 Å². The van der Waals surface area contributed by atoms with Crippen molar-refractivity contribution in [3.05, 3.63) is 101 Å². The lowest BCUT2D eigenvalue weighted by Gasteiger charge is -2.10. The lowest BCUT2D eigenvalue weighted by molar-refractivity contribution is 0.0950. The van der Waals surface area contributed by atoms with Crippen molar-refractivity contribution in [1.29, 1.82) is 0 Å². The Morgan fingerprint density at radius 1 is 1.00 bits per heavy atom. The zero-order chi connectivity index (χ0) is 23.2. The highest BCUT2D eigenvalue weighted by Crippen LogP contribution is 2.33. The van der Waals surface area contributed by atoms with Gasteiger partial charge in [0.1, 0.15) is 5.82 Å². The number of carbonyl (C=O) groups excluding carboxylic acids is 1. The van der Waals surface area contributed by atoms with E-state index < -0.39 is 0 Å². The lowest BCUT2D eigenvalue weighted by atomic mass is 10.1. The molecule has 0 aliphatic heterocycles. The molecule has 0 unspecified atom stereocenters. The quantitative estimate of drug-likeness (QED) is 0.384. The number of hydrogen-bond donors (Lipinski definition) is 1. The van der Waals surface area contributed by atoms with Gasteiger partial charge in [0, 0.05) is 30.1 Å². The monoisotopic (exact) mass is 463 g/mol. The van der Waals surface area contributed by atoms with Crippen LogP contribution in [-0.4, -0.2) is 22.4 Å². The topological polar surface area (TPSA) is 73.3 Å². The molecule has 0 radical (unpaired) electrons. The molecule has 33 heavy (non-hydrogen) atoms. The molecule has 4 rings (SSSR count). The number of nitrogens with zero attached hydrogens (tertiary/aromatic N) is 2. The van der Waals surface area contributed by atoms with Crippen molar-refractivity contribution in [2.45, 2.75) is 19.9 Å². The molecule has 0 saturated carbocycles. The van der Waals surface area contributed by atoms with Gasteiger partial charge in [0.25, 0.3) is 11.1 Å². The predicted molar refractivity (Wildman–Crippen MR) is 125 cm³/mol. The zero-order valence-corrected chi connectivity index (χ0v) is 19.0. The van der Waals surface area contributed by atoms with Crippen LogP contribution in [0.5, 0.6) is 16.7 Å². The van der Waals surface area contributed by atoms with Gasteiger partial charge in [0.05, 0.1) is 7.11 Å². The van der Waals surface area contributed by atoms with Gasteiger partial charge in [0.15, 0.2) is 17.3 Å². The first-order chi connectivity index (χ1) is 16.0. The van der Waals surface area contributed by atoms with Crippen molar-refractivity contribution in [3.8, 4) is 16.7 Å². The van der Waals surface area contributed by atoms with E-state index in [-0.39, 0.29) is 18.3 Å². The maximum absolute atomic E-state index is 13.0. The van der Waals surface area contributed by atoms with E-state index in [4.69, 9.17) is 9.47 Å². The standard InChI is InChI=1S/C25H22FN3O3S/c1-16-3-5-17(6-4-16)13-23-28-25(33-29-23)32-22-14-19(9-12-21(22)31-2)24(30)27-15-18-7-10-20(26)11-8-18/h3-12,14H,13,15H2,1-2H3,(H,27,30). The van der Waals surface area contributed by atoms with Gasteiger partial charge >= 0.3 is 0 Å². The molecular formula is C25H22FN3O3S. The highest BCUT2D eigenvalue weighted by Gasteiger charge is 2.15. The Bertz CT molecular complexity index is 1240. The summed E-state index contributed by atoms with van der Waals surface area (Å²) in [4.78, 5) is 17.1. The normalized spacial score (nSPS) is 10.6. The molecule has 0 atom stereocenters. The Hall–Kier alpha value is -3.78. The molecule has 0 spiro atoms. The van der Waals surface area contributed by atoms with Crippen molar-refractivity contribution in [3.63, 3.8) is 0 Å². The predicted octanol–water partition coefficient (Wildman–Crippen LogP) is 5.31. The van der Waals surface area contributed by atoms with Crippen molar-refractivity contribution in [1.82, 2.24) is 14.7 Å². The Balaban J connectivity index is 1.44. The summed E-state index contributed by atoms with van der Waals surface area (Å²) in [6, 6.07) is 19.1. The first-order valence-corrected chi connectivity index (χ1v) is 11.0. The Morgan fingerprint density at radius 2 is 1.73 bits per heavy atom. The second-order valence-corrected chi connectivity index (χ2v) is 8.13. The minimum atomic E-state index is -0.319. The molecule has 1 amide bonds. The van der Waals surface area contributed by atoms with Crippen LogP contribution in [0.25, 0.3) is 0 Å². The van der Waals surface area contributed by atoms with E-state index in [0.717, 1.165) is 22.7 Å². The molecule has 4 aromatic rings. The highest BCUT2D eigenvalue weighted by atomic mass is 32.1. The maximum Gasteiger partial charge on any atom is 0.298 e. The van der Waals surface area contributed by atoms with Crippen molar-refractivity contribution in [2.75, 3.05) is 7.11 Å². The van der Waals surface area contributed by atoms with Gasteiger partial charge in [-0.1, -0.05) is 42.0 Å². The van der Waals surface area contributed by atoms with Gasteiger partial charge in [-0.25, -0.2) is 4.39 Å². The van der Waals surface area contributed by atoms with Crippen LogP contribution >= 0.6 is 11.5 Å². The Kier molecular flexibility index (Phi) is 6.95. The number of methoxy groups -OCH3 is 1. The largest absolute Gasteiger partial charge is 0.493 e. The van der Waals surface area contributed by atoms with Crippen LogP contribution in [0.1, 0.15) is 32.9 Å². The van der Waals surface area contributed by atoms with Gasteiger partial charge in [-0.05, 0) is 48.4 Å². The smallest absolute Gasteiger partial charge is 0.298 e. The highest BCUT2D eigenvalue weighted by molar-refractivity contribution is 7.07. The fourth-order valence-corrected chi connectivity index (χ4v) is 3.68. The lowest BCUT2D eigenvalue weighted by Crippen LogP contribution is -2.22. The summed E-state index contributed by atoms with van der Waals surface area (Å²) >= 11 is 1.14. The number of amides is 1. The van der Waals surface area contributed by atoms with E-state index >= 15 is 0 Å².